The number of thiophene rings is 1. The molecule has 0 spiro atoms. The van der Waals surface area contributed by atoms with Gasteiger partial charge in [0.05, 0.1) is 24.8 Å². The average Bonchev–Trinajstić information content (AvgIpc) is 3.33. The summed E-state index contributed by atoms with van der Waals surface area (Å²) in [6, 6.07) is 27.9. The van der Waals surface area contributed by atoms with E-state index in [2.05, 4.69) is 41.4 Å². The van der Waals surface area contributed by atoms with Crippen LogP contribution in [0.5, 0.6) is 5.75 Å². The summed E-state index contributed by atoms with van der Waals surface area (Å²) in [4.78, 5) is 34.4. The SMILES string of the molecule is O=C(COc1ccccc1)N1CCc2c(sc3ncn(Cc4ccc(-c5ccccc5)cc4)c(=O)c23)C1. The summed E-state index contributed by atoms with van der Waals surface area (Å²) in [6.07, 6.45) is 2.27. The van der Waals surface area contributed by atoms with Gasteiger partial charge in [-0.15, -0.1) is 11.3 Å². The maximum atomic E-state index is 13.5. The summed E-state index contributed by atoms with van der Waals surface area (Å²) < 4.78 is 7.32. The van der Waals surface area contributed by atoms with Crippen LogP contribution in [0.25, 0.3) is 21.3 Å². The van der Waals surface area contributed by atoms with E-state index in [4.69, 9.17) is 4.74 Å². The van der Waals surface area contributed by atoms with Crippen LogP contribution in [0.15, 0.2) is 96.1 Å². The van der Waals surface area contributed by atoms with Crippen molar-refractivity contribution in [3.05, 3.63) is 118 Å². The Balaban J connectivity index is 1.18. The molecule has 1 amide bonds. The molecule has 0 saturated heterocycles. The van der Waals surface area contributed by atoms with Gasteiger partial charge in [0.15, 0.2) is 6.61 Å². The van der Waals surface area contributed by atoms with Crippen molar-refractivity contribution in [2.75, 3.05) is 13.2 Å². The second-order valence-corrected chi connectivity index (χ2v) is 10.2. The highest BCUT2D eigenvalue weighted by Crippen LogP contribution is 2.32. The maximum absolute atomic E-state index is 13.5. The van der Waals surface area contributed by atoms with E-state index in [0.29, 0.717) is 37.2 Å². The first kappa shape index (κ1) is 23.2. The third-order valence-corrected chi connectivity index (χ3v) is 7.82. The van der Waals surface area contributed by atoms with Crippen LogP contribution in [0, 0.1) is 0 Å². The van der Waals surface area contributed by atoms with Crippen LogP contribution in [-0.4, -0.2) is 33.5 Å². The molecule has 1 aliphatic rings. The fraction of sp³-hybridized carbons (Fsp3) is 0.167. The predicted octanol–water partition coefficient (Wildman–Crippen LogP) is 5.14. The van der Waals surface area contributed by atoms with E-state index in [-0.39, 0.29) is 18.1 Å². The van der Waals surface area contributed by atoms with Gasteiger partial charge >= 0.3 is 0 Å². The second kappa shape index (κ2) is 10.0. The van der Waals surface area contributed by atoms with Crippen molar-refractivity contribution in [3.8, 4) is 16.9 Å². The molecule has 3 aromatic carbocycles. The summed E-state index contributed by atoms with van der Waals surface area (Å²) in [5.41, 5.74) is 4.35. The Morgan fingerprint density at radius 2 is 1.62 bits per heavy atom. The minimum atomic E-state index is -0.0590. The molecular weight excluding hydrogens is 482 g/mol. The highest BCUT2D eigenvalue weighted by atomic mass is 32.1. The molecule has 184 valence electrons. The maximum Gasteiger partial charge on any atom is 0.262 e. The Kier molecular flexibility index (Phi) is 6.28. The lowest BCUT2D eigenvalue weighted by molar-refractivity contribution is -0.134. The fourth-order valence-electron chi connectivity index (χ4n) is 4.73. The van der Waals surface area contributed by atoms with Crippen molar-refractivity contribution in [1.29, 1.82) is 0 Å². The van der Waals surface area contributed by atoms with E-state index in [1.54, 1.807) is 15.8 Å². The predicted molar refractivity (Wildman–Crippen MR) is 146 cm³/mol. The number of aromatic nitrogens is 2. The first-order valence-corrected chi connectivity index (χ1v) is 13.1. The standard InChI is InChI=1S/C30H25N3O3S/c34-27(19-36-24-9-5-2-6-10-24)32-16-15-25-26(18-32)37-29-28(25)30(35)33(20-31-29)17-21-11-13-23(14-12-21)22-7-3-1-4-8-22/h1-14,20H,15-19H2. The van der Waals surface area contributed by atoms with E-state index >= 15 is 0 Å². The van der Waals surface area contributed by atoms with E-state index in [1.807, 2.05) is 48.5 Å². The van der Waals surface area contributed by atoms with Gasteiger partial charge in [0, 0.05) is 11.4 Å². The average molecular weight is 508 g/mol. The molecule has 0 fully saturated rings. The fourth-order valence-corrected chi connectivity index (χ4v) is 5.92. The molecule has 6 rings (SSSR count). The van der Waals surface area contributed by atoms with Gasteiger partial charge in [0.25, 0.3) is 11.5 Å². The first-order chi connectivity index (χ1) is 18.2. The molecule has 3 heterocycles. The van der Waals surface area contributed by atoms with E-state index in [0.717, 1.165) is 26.4 Å². The minimum Gasteiger partial charge on any atom is -0.484 e. The Morgan fingerprint density at radius 3 is 2.38 bits per heavy atom. The van der Waals surface area contributed by atoms with Crippen LogP contribution in [0.3, 0.4) is 0 Å². The molecule has 6 nitrogen and oxygen atoms in total. The molecule has 0 unspecified atom stereocenters. The van der Waals surface area contributed by atoms with E-state index in [1.165, 1.54) is 16.9 Å². The normalized spacial score (nSPS) is 12.9. The Labute approximate surface area is 218 Å². The summed E-state index contributed by atoms with van der Waals surface area (Å²) in [5.74, 6) is 0.617. The van der Waals surface area contributed by atoms with Gasteiger partial charge in [-0.3, -0.25) is 14.2 Å². The van der Waals surface area contributed by atoms with Crippen molar-refractivity contribution < 1.29 is 9.53 Å². The minimum absolute atomic E-state index is 0.00163. The third kappa shape index (κ3) is 4.78. The van der Waals surface area contributed by atoms with Crippen molar-refractivity contribution in [2.24, 2.45) is 0 Å². The lowest BCUT2D eigenvalue weighted by Gasteiger charge is -2.27. The zero-order chi connectivity index (χ0) is 25.2. The molecule has 0 radical (unpaired) electrons. The van der Waals surface area contributed by atoms with Gasteiger partial charge in [-0.25, -0.2) is 4.98 Å². The molecule has 37 heavy (non-hydrogen) atoms. The number of hydrogen-bond donors (Lipinski definition) is 0. The summed E-state index contributed by atoms with van der Waals surface area (Å²) >= 11 is 1.50. The highest BCUT2D eigenvalue weighted by Gasteiger charge is 2.26. The molecule has 0 saturated carbocycles. The largest absolute Gasteiger partial charge is 0.484 e. The molecule has 0 N–H and O–H groups in total. The molecule has 0 aliphatic carbocycles. The number of amides is 1. The highest BCUT2D eigenvalue weighted by molar-refractivity contribution is 7.18. The molecular formula is C30H25N3O3S. The number of fused-ring (bicyclic) bond motifs is 3. The van der Waals surface area contributed by atoms with Crippen LogP contribution >= 0.6 is 11.3 Å². The quantitative estimate of drug-likeness (QED) is 0.319. The molecule has 7 heteroatoms. The second-order valence-electron chi connectivity index (χ2n) is 9.09. The van der Waals surface area contributed by atoms with Gasteiger partial charge in [-0.05, 0) is 40.8 Å². The lowest BCUT2D eigenvalue weighted by atomic mass is 10.0. The number of ether oxygens (including phenoxy) is 1. The van der Waals surface area contributed by atoms with Crippen LogP contribution in [-0.2, 0) is 24.3 Å². The van der Waals surface area contributed by atoms with Crippen LogP contribution in [0.2, 0.25) is 0 Å². The number of hydrogen-bond acceptors (Lipinski definition) is 5. The molecule has 0 bridgehead atoms. The Bertz CT molecular complexity index is 1610. The Morgan fingerprint density at radius 1 is 0.919 bits per heavy atom. The van der Waals surface area contributed by atoms with E-state index < -0.39 is 0 Å². The van der Waals surface area contributed by atoms with Crippen molar-refractivity contribution in [1.82, 2.24) is 14.5 Å². The zero-order valence-electron chi connectivity index (χ0n) is 20.2. The monoisotopic (exact) mass is 507 g/mol. The van der Waals surface area contributed by atoms with Crippen molar-refractivity contribution in [2.45, 2.75) is 19.5 Å². The Hall–Kier alpha value is -4.23. The van der Waals surface area contributed by atoms with Crippen LogP contribution < -0.4 is 10.3 Å². The number of benzene rings is 3. The number of carbonyl (C=O) groups is 1. The number of carbonyl (C=O) groups excluding carboxylic acids is 1. The smallest absolute Gasteiger partial charge is 0.262 e. The van der Waals surface area contributed by atoms with E-state index in [9.17, 15) is 9.59 Å². The number of rotatable bonds is 6. The van der Waals surface area contributed by atoms with Crippen molar-refractivity contribution in [3.63, 3.8) is 0 Å². The van der Waals surface area contributed by atoms with Gasteiger partial charge in [0.2, 0.25) is 0 Å². The van der Waals surface area contributed by atoms with Crippen LogP contribution in [0.1, 0.15) is 16.0 Å². The van der Waals surface area contributed by atoms with Gasteiger partial charge in [0.1, 0.15) is 10.6 Å². The topological polar surface area (TPSA) is 64.4 Å². The van der Waals surface area contributed by atoms with Crippen molar-refractivity contribution >= 4 is 27.5 Å². The van der Waals surface area contributed by atoms with Gasteiger partial charge in [-0.1, -0.05) is 72.8 Å². The van der Waals surface area contributed by atoms with Crippen LogP contribution in [0.4, 0.5) is 0 Å². The zero-order valence-corrected chi connectivity index (χ0v) is 21.0. The lowest BCUT2D eigenvalue weighted by Crippen LogP contribution is -2.38. The third-order valence-electron chi connectivity index (χ3n) is 6.70. The summed E-state index contributed by atoms with van der Waals surface area (Å²) in [5, 5.41) is 0.691. The van der Waals surface area contributed by atoms with Gasteiger partial charge in [-0.2, -0.15) is 0 Å². The summed E-state index contributed by atoms with van der Waals surface area (Å²) in [7, 11) is 0. The molecule has 1 aliphatic heterocycles. The summed E-state index contributed by atoms with van der Waals surface area (Å²) in [6.45, 7) is 1.50. The van der Waals surface area contributed by atoms with Gasteiger partial charge < -0.3 is 9.64 Å². The molecule has 5 aromatic rings. The molecule has 0 atom stereocenters. The first-order valence-electron chi connectivity index (χ1n) is 12.3. The molecule has 2 aromatic heterocycles. The number of nitrogens with zero attached hydrogens (tertiary/aromatic N) is 3. The number of para-hydroxylation sites is 1.